The zero-order valence-corrected chi connectivity index (χ0v) is 9.69. The standard InChI is InChI=1S/C13H14F2O2/c1-10(2)17-12(16)13(14,15)9-8-11-6-4-3-5-7-11/h3-10H,1-2H3/b9-8+. The highest BCUT2D eigenvalue weighted by atomic mass is 19.3. The van der Waals surface area contributed by atoms with E-state index in [1.54, 1.807) is 30.3 Å². The minimum absolute atomic E-state index is 0.549. The first-order chi connectivity index (χ1) is 7.92. The van der Waals surface area contributed by atoms with Gasteiger partial charge in [-0.15, -0.1) is 0 Å². The Labute approximate surface area is 98.9 Å². The molecule has 0 unspecified atom stereocenters. The first-order valence-electron chi connectivity index (χ1n) is 5.25. The van der Waals surface area contributed by atoms with Gasteiger partial charge in [-0.05, 0) is 25.5 Å². The Morgan fingerprint density at radius 1 is 1.29 bits per heavy atom. The van der Waals surface area contributed by atoms with Crippen LogP contribution in [0.1, 0.15) is 19.4 Å². The third-order valence-electron chi connectivity index (χ3n) is 1.90. The molecule has 0 fully saturated rings. The normalized spacial score (nSPS) is 12.1. The van der Waals surface area contributed by atoms with E-state index < -0.39 is 18.0 Å². The number of esters is 1. The van der Waals surface area contributed by atoms with Crippen molar-refractivity contribution in [3.63, 3.8) is 0 Å². The number of ether oxygens (including phenoxy) is 1. The number of benzene rings is 1. The lowest BCUT2D eigenvalue weighted by Gasteiger charge is -2.13. The molecule has 0 saturated heterocycles. The highest BCUT2D eigenvalue weighted by Gasteiger charge is 2.38. The fourth-order valence-corrected chi connectivity index (χ4v) is 1.13. The lowest BCUT2D eigenvalue weighted by Crippen LogP contribution is -2.30. The van der Waals surface area contributed by atoms with E-state index in [0.29, 0.717) is 11.6 Å². The molecule has 0 spiro atoms. The molecule has 0 aliphatic carbocycles. The first-order valence-corrected chi connectivity index (χ1v) is 5.25. The summed E-state index contributed by atoms with van der Waals surface area (Å²) in [6, 6.07) is 8.57. The van der Waals surface area contributed by atoms with E-state index in [1.165, 1.54) is 19.9 Å². The Bertz CT molecular complexity index is 397. The molecule has 0 N–H and O–H groups in total. The lowest BCUT2D eigenvalue weighted by atomic mass is 10.2. The summed E-state index contributed by atoms with van der Waals surface area (Å²) in [7, 11) is 0. The molecular formula is C13H14F2O2. The van der Waals surface area contributed by atoms with Gasteiger partial charge >= 0.3 is 11.9 Å². The molecule has 1 aromatic rings. The molecule has 0 saturated carbocycles. The number of carbonyl (C=O) groups is 1. The molecule has 0 bridgehead atoms. The topological polar surface area (TPSA) is 26.3 Å². The summed E-state index contributed by atoms with van der Waals surface area (Å²) in [5.74, 6) is -5.13. The summed E-state index contributed by atoms with van der Waals surface area (Å²) < 4.78 is 31.1. The number of halogens is 2. The van der Waals surface area contributed by atoms with Gasteiger partial charge in [0.25, 0.3) is 0 Å². The fourth-order valence-electron chi connectivity index (χ4n) is 1.13. The molecule has 1 aromatic carbocycles. The second kappa shape index (κ2) is 5.57. The summed E-state index contributed by atoms with van der Waals surface area (Å²) in [4.78, 5) is 11.1. The van der Waals surface area contributed by atoms with E-state index in [0.717, 1.165) is 0 Å². The maximum Gasteiger partial charge on any atom is 0.381 e. The predicted molar refractivity (Wildman–Crippen MR) is 61.7 cm³/mol. The van der Waals surface area contributed by atoms with Crippen LogP contribution < -0.4 is 0 Å². The average Bonchev–Trinajstić information content (AvgIpc) is 2.27. The quantitative estimate of drug-likeness (QED) is 0.755. The van der Waals surface area contributed by atoms with E-state index in [-0.39, 0.29) is 0 Å². The molecule has 1 rings (SSSR count). The zero-order chi connectivity index (χ0) is 12.9. The van der Waals surface area contributed by atoms with Crippen molar-refractivity contribution >= 4 is 12.0 Å². The molecule has 0 aliphatic heterocycles. The number of hydrogen-bond acceptors (Lipinski definition) is 2. The van der Waals surface area contributed by atoms with Crippen LogP contribution in [-0.4, -0.2) is 18.0 Å². The summed E-state index contributed by atoms with van der Waals surface area (Å²) in [5.41, 5.74) is 0.601. The molecule has 92 valence electrons. The largest absolute Gasteiger partial charge is 0.458 e. The minimum Gasteiger partial charge on any atom is -0.458 e. The average molecular weight is 240 g/mol. The van der Waals surface area contributed by atoms with Gasteiger partial charge in [0, 0.05) is 0 Å². The van der Waals surface area contributed by atoms with Gasteiger partial charge in [-0.2, -0.15) is 8.78 Å². The number of hydrogen-bond donors (Lipinski definition) is 0. The third-order valence-corrected chi connectivity index (χ3v) is 1.90. The van der Waals surface area contributed by atoms with Crippen LogP contribution in [0.15, 0.2) is 36.4 Å². The van der Waals surface area contributed by atoms with Crippen molar-refractivity contribution in [2.75, 3.05) is 0 Å². The van der Waals surface area contributed by atoms with Gasteiger partial charge in [0.15, 0.2) is 0 Å². The van der Waals surface area contributed by atoms with Gasteiger partial charge < -0.3 is 4.74 Å². The predicted octanol–water partition coefficient (Wildman–Crippen LogP) is 3.29. The second-order valence-corrected chi connectivity index (χ2v) is 3.82. The molecule has 0 atom stereocenters. The highest BCUT2D eigenvalue weighted by Crippen LogP contribution is 2.20. The van der Waals surface area contributed by atoms with Crippen molar-refractivity contribution in [2.24, 2.45) is 0 Å². The van der Waals surface area contributed by atoms with Crippen LogP contribution in [0, 0.1) is 0 Å². The van der Waals surface area contributed by atoms with E-state index in [1.807, 2.05) is 0 Å². The Balaban J connectivity index is 2.72. The van der Waals surface area contributed by atoms with Crippen LogP contribution in [0.3, 0.4) is 0 Å². The molecular weight excluding hydrogens is 226 g/mol. The van der Waals surface area contributed by atoms with Crippen LogP contribution in [0.25, 0.3) is 6.08 Å². The molecule has 4 heteroatoms. The zero-order valence-electron chi connectivity index (χ0n) is 9.69. The van der Waals surface area contributed by atoms with Crippen molar-refractivity contribution < 1.29 is 18.3 Å². The van der Waals surface area contributed by atoms with Gasteiger partial charge in [-0.25, -0.2) is 4.79 Å². The van der Waals surface area contributed by atoms with Crippen LogP contribution in [0.4, 0.5) is 8.78 Å². The van der Waals surface area contributed by atoms with Crippen molar-refractivity contribution in [2.45, 2.75) is 25.9 Å². The Hall–Kier alpha value is -1.71. The van der Waals surface area contributed by atoms with Gasteiger partial charge in [0.2, 0.25) is 0 Å². The van der Waals surface area contributed by atoms with Gasteiger partial charge in [0.1, 0.15) is 0 Å². The van der Waals surface area contributed by atoms with Crippen LogP contribution in [0.2, 0.25) is 0 Å². The smallest absolute Gasteiger partial charge is 0.381 e. The van der Waals surface area contributed by atoms with Gasteiger partial charge in [0.05, 0.1) is 6.10 Å². The molecule has 0 heterocycles. The van der Waals surface area contributed by atoms with Crippen LogP contribution in [0.5, 0.6) is 0 Å². The first kappa shape index (κ1) is 13.4. The molecule has 2 nitrogen and oxygen atoms in total. The minimum atomic E-state index is -3.60. The van der Waals surface area contributed by atoms with Crippen molar-refractivity contribution in [3.8, 4) is 0 Å². The number of rotatable bonds is 4. The molecule has 0 aromatic heterocycles. The molecule has 0 amide bonds. The Kier molecular flexibility index (Phi) is 4.37. The van der Waals surface area contributed by atoms with Crippen molar-refractivity contribution in [1.29, 1.82) is 0 Å². The highest BCUT2D eigenvalue weighted by molar-refractivity contribution is 5.81. The molecule has 17 heavy (non-hydrogen) atoms. The maximum atomic E-state index is 13.3. The van der Waals surface area contributed by atoms with Gasteiger partial charge in [-0.3, -0.25) is 0 Å². The number of alkyl halides is 2. The molecule has 0 aliphatic rings. The third kappa shape index (κ3) is 4.34. The van der Waals surface area contributed by atoms with E-state index >= 15 is 0 Å². The van der Waals surface area contributed by atoms with E-state index in [9.17, 15) is 13.6 Å². The lowest BCUT2D eigenvalue weighted by molar-refractivity contribution is -0.169. The van der Waals surface area contributed by atoms with Crippen LogP contribution >= 0.6 is 0 Å². The SMILES string of the molecule is CC(C)OC(=O)C(F)(F)/C=C/c1ccccc1. The summed E-state index contributed by atoms with van der Waals surface area (Å²) in [6.45, 7) is 3.05. The fraction of sp³-hybridized carbons (Fsp3) is 0.308. The van der Waals surface area contributed by atoms with E-state index in [4.69, 9.17) is 0 Å². The monoisotopic (exact) mass is 240 g/mol. The Morgan fingerprint density at radius 2 is 1.88 bits per heavy atom. The number of carbonyl (C=O) groups excluding carboxylic acids is 1. The van der Waals surface area contributed by atoms with E-state index in [2.05, 4.69) is 4.74 Å². The maximum absolute atomic E-state index is 13.3. The summed E-state index contributed by atoms with van der Waals surface area (Å²) >= 11 is 0. The van der Waals surface area contributed by atoms with Crippen molar-refractivity contribution in [3.05, 3.63) is 42.0 Å². The van der Waals surface area contributed by atoms with Crippen molar-refractivity contribution in [1.82, 2.24) is 0 Å². The molecule has 0 radical (unpaired) electrons. The van der Waals surface area contributed by atoms with Crippen LogP contribution in [-0.2, 0) is 9.53 Å². The Morgan fingerprint density at radius 3 is 2.41 bits per heavy atom. The van der Waals surface area contributed by atoms with Gasteiger partial charge in [-0.1, -0.05) is 36.4 Å². The second-order valence-electron chi connectivity index (χ2n) is 3.82. The summed E-state index contributed by atoms with van der Waals surface area (Å²) in [6.07, 6.45) is 1.19. The summed E-state index contributed by atoms with van der Waals surface area (Å²) in [5, 5.41) is 0.